The van der Waals surface area contributed by atoms with Crippen molar-refractivity contribution in [3.05, 3.63) is 59.2 Å². The van der Waals surface area contributed by atoms with Gasteiger partial charge in [0.05, 0.1) is 17.7 Å². The van der Waals surface area contributed by atoms with Gasteiger partial charge in [0, 0.05) is 24.4 Å². The van der Waals surface area contributed by atoms with E-state index in [2.05, 4.69) is 0 Å². The molecule has 2 nitrogen and oxygen atoms in total. The number of rotatable bonds is 8. The maximum atomic E-state index is 13.2. The fraction of sp³-hybridized carbons (Fsp3) is 0.350. The van der Waals surface area contributed by atoms with Gasteiger partial charge in [0.1, 0.15) is 5.75 Å². The first-order valence-corrected chi connectivity index (χ1v) is 9.85. The van der Waals surface area contributed by atoms with E-state index in [9.17, 15) is 31.1 Å². The van der Waals surface area contributed by atoms with Crippen LogP contribution in [0.5, 0.6) is 5.75 Å². The first kappa shape index (κ1) is 26.6. The average Bonchev–Trinajstić information content (AvgIpc) is 2.64. The number of halogens is 6. The molecular formula is C20H19F6LiO2P. The van der Waals surface area contributed by atoms with Gasteiger partial charge in [0.25, 0.3) is 0 Å². The van der Waals surface area contributed by atoms with E-state index in [1.165, 1.54) is 12.1 Å². The van der Waals surface area contributed by atoms with Crippen LogP contribution >= 0.6 is 8.58 Å². The van der Waals surface area contributed by atoms with Crippen LogP contribution in [-0.2, 0) is 12.4 Å². The van der Waals surface area contributed by atoms with Crippen molar-refractivity contribution in [1.82, 2.24) is 0 Å². The molecule has 0 saturated heterocycles. The van der Waals surface area contributed by atoms with Crippen LogP contribution in [0, 0.1) is 0 Å². The Bertz CT molecular complexity index is 802. The summed E-state index contributed by atoms with van der Waals surface area (Å²) in [4.78, 5) is 12.5. The molecule has 0 saturated carbocycles. The Labute approximate surface area is 184 Å². The average molecular weight is 443 g/mol. The Balaban J connectivity index is 0.00000450. The predicted molar refractivity (Wildman–Crippen MR) is 106 cm³/mol. The van der Waals surface area contributed by atoms with Gasteiger partial charge in [-0.3, -0.25) is 4.79 Å². The van der Waals surface area contributed by atoms with Gasteiger partial charge in [0.2, 0.25) is 0 Å². The molecule has 1 radical (unpaired) electrons. The third kappa shape index (κ3) is 7.34. The van der Waals surface area contributed by atoms with Crippen LogP contribution in [0.25, 0.3) is 0 Å². The van der Waals surface area contributed by atoms with Crippen LogP contribution in [-0.4, -0.2) is 31.0 Å². The van der Waals surface area contributed by atoms with Crippen molar-refractivity contribution in [2.24, 2.45) is 0 Å². The largest absolute Gasteiger partial charge is 0.494 e. The van der Waals surface area contributed by atoms with Gasteiger partial charge >= 0.3 is 12.4 Å². The van der Waals surface area contributed by atoms with Crippen molar-refractivity contribution in [2.45, 2.75) is 38.5 Å². The Morgan fingerprint density at radius 2 is 1.43 bits per heavy atom. The molecule has 30 heavy (non-hydrogen) atoms. The van der Waals surface area contributed by atoms with Crippen LogP contribution < -0.4 is 10.0 Å². The number of alkyl halides is 6. The molecule has 0 amide bonds. The van der Waals surface area contributed by atoms with Crippen molar-refractivity contribution in [3.63, 3.8) is 0 Å². The Morgan fingerprint density at radius 3 is 1.90 bits per heavy atom. The monoisotopic (exact) mass is 443 g/mol. The second kappa shape index (κ2) is 11.2. The molecule has 0 aliphatic carbocycles. The molecule has 0 aliphatic rings. The predicted octanol–water partition coefficient (Wildman–Crippen LogP) is 6.06. The van der Waals surface area contributed by atoms with Crippen molar-refractivity contribution < 1.29 is 35.9 Å². The minimum Gasteiger partial charge on any atom is -0.494 e. The minimum absolute atomic E-state index is 0. The van der Waals surface area contributed by atoms with Gasteiger partial charge < -0.3 is 4.74 Å². The maximum Gasteiger partial charge on any atom is 0.417 e. The maximum absolute atomic E-state index is 13.2. The topological polar surface area (TPSA) is 26.3 Å². The van der Waals surface area contributed by atoms with E-state index in [0.717, 1.165) is 19.3 Å². The first-order chi connectivity index (χ1) is 13.5. The zero-order valence-electron chi connectivity index (χ0n) is 16.5. The standard InChI is InChI=1S/C20H19F6O2P.Li/c1-2-3-4-12-28-13-8-10-14(11-9-13)29-18(27)17-15(19(21,22)23)6-5-7-16(17)20(24,25)26;/h5-11,29H,2-4,12H2,1H3;. The van der Waals surface area contributed by atoms with E-state index in [1.807, 2.05) is 6.92 Å². The Hall–Kier alpha value is -1.48. The van der Waals surface area contributed by atoms with Crippen molar-refractivity contribution in [2.75, 3.05) is 6.61 Å². The number of carbonyl (C=O) groups is 1. The SMILES string of the molecule is CCCCCOc1ccc(PC(=O)c2c(C(F)(F)F)cccc2C(F)(F)F)cc1.[Li]. The molecule has 159 valence electrons. The van der Waals surface area contributed by atoms with Crippen LogP contribution in [0.3, 0.4) is 0 Å². The quantitative estimate of drug-likeness (QED) is 0.215. The summed E-state index contributed by atoms with van der Waals surface area (Å²) in [5.74, 6) is 0.522. The van der Waals surface area contributed by atoms with Crippen molar-refractivity contribution in [3.8, 4) is 5.75 Å². The summed E-state index contributed by atoms with van der Waals surface area (Å²) in [5.41, 5.74) is -5.73. The van der Waals surface area contributed by atoms with Crippen molar-refractivity contribution >= 4 is 38.3 Å². The molecule has 0 aliphatic heterocycles. The molecule has 0 N–H and O–H groups in total. The van der Waals surface area contributed by atoms with E-state index in [1.54, 1.807) is 12.1 Å². The zero-order chi connectivity index (χ0) is 21.7. The van der Waals surface area contributed by atoms with E-state index in [-0.39, 0.29) is 18.9 Å². The summed E-state index contributed by atoms with van der Waals surface area (Å²) in [6, 6.07) is 7.64. The van der Waals surface area contributed by atoms with Gasteiger partial charge in [0.15, 0.2) is 5.52 Å². The van der Waals surface area contributed by atoms with Crippen LogP contribution in [0.2, 0.25) is 0 Å². The molecule has 0 heterocycles. The van der Waals surface area contributed by atoms with E-state index < -0.39 is 43.1 Å². The molecule has 1 unspecified atom stereocenters. The van der Waals surface area contributed by atoms with Gasteiger partial charge in [-0.25, -0.2) is 0 Å². The third-order valence-electron chi connectivity index (χ3n) is 4.03. The van der Waals surface area contributed by atoms with Crippen LogP contribution in [0.15, 0.2) is 42.5 Å². The van der Waals surface area contributed by atoms with Crippen molar-refractivity contribution in [1.29, 1.82) is 0 Å². The second-order valence-electron chi connectivity index (χ2n) is 6.26. The second-order valence-corrected chi connectivity index (χ2v) is 7.54. The van der Waals surface area contributed by atoms with E-state index in [0.29, 0.717) is 35.9 Å². The smallest absolute Gasteiger partial charge is 0.417 e. The molecule has 2 rings (SSSR count). The summed E-state index contributed by atoms with van der Waals surface area (Å²) < 4.78 is 84.8. The number of unbranched alkanes of at least 4 members (excludes halogenated alkanes) is 2. The summed E-state index contributed by atoms with van der Waals surface area (Å²) >= 11 is 0. The summed E-state index contributed by atoms with van der Waals surface area (Å²) in [6.07, 6.45) is -7.24. The molecule has 0 bridgehead atoms. The molecule has 1 atom stereocenters. The Kier molecular flexibility index (Phi) is 9.94. The number of hydrogen-bond donors (Lipinski definition) is 0. The summed E-state index contributed by atoms with van der Waals surface area (Å²) in [6.45, 7) is 2.55. The number of ether oxygens (including phenoxy) is 1. The zero-order valence-corrected chi connectivity index (χ0v) is 17.5. The Morgan fingerprint density at radius 1 is 0.900 bits per heavy atom. The van der Waals surface area contributed by atoms with E-state index >= 15 is 0 Å². The number of carbonyl (C=O) groups excluding carboxylic acids is 1. The number of benzene rings is 2. The third-order valence-corrected chi connectivity index (χ3v) is 5.13. The van der Waals surface area contributed by atoms with Crippen LogP contribution in [0.4, 0.5) is 26.3 Å². The molecule has 2 aromatic carbocycles. The summed E-state index contributed by atoms with van der Waals surface area (Å²) in [7, 11) is -0.889. The van der Waals surface area contributed by atoms with E-state index in [4.69, 9.17) is 4.74 Å². The molecule has 0 aromatic heterocycles. The number of hydrogen-bond acceptors (Lipinski definition) is 2. The molecule has 10 heteroatoms. The summed E-state index contributed by atoms with van der Waals surface area (Å²) in [5, 5.41) is 0.320. The molecule has 0 spiro atoms. The van der Waals surface area contributed by atoms with Gasteiger partial charge in [-0.1, -0.05) is 38.0 Å². The molecule has 0 fully saturated rings. The minimum atomic E-state index is -5.08. The van der Waals surface area contributed by atoms with Gasteiger partial charge in [-0.05, 0) is 44.6 Å². The van der Waals surface area contributed by atoms with Crippen LogP contribution in [0.1, 0.15) is 47.7 Å². The molecule has 2 aromatic rings. The first-order valence-electron chi connectivity index (χ1n) is 8.85. The van der Waals surface area contributed by atoms with Gasteiger partial charge in [-0.2, -0.15) is 26.3 Å². The fourth-order valence-corrected chi connectivity index (χ4v) is 3.63. The van der Waals surface area contributed by atoms with Gasteiger partial charge in [-0.15, -0.1) is 0 Å². The fourth-order valence-electron chi connectivity index (χ4n) is 2.64. The normalized spacial score (nSPS) is 12.1. The molecular weight excluding hydrogens is 424 g/mol.